The average molecular weight is 257 g/mol. The van der Waals surface area contributed by atoms with Gasteiger partial charge in [-0.15, -0.1) is 0 Å². The molecule has 14 heavy (non-hydrogen) atoms. The van der Waals surface area contributed by atoms with Gasteiger partial charge in [0.05, 0.1) is 0 Å². The van der Waals surface area contributed by atoms with Crippen LogP contribution in [0.2, 0.25) is 0 Å². The van der Waals surface area contributed by atoms with Gasteiger partial charge >= 0.3 is 0 Å². The molecule has 0 heterocycles. The molecule has 0 spiro atoms. The minimum absolute atomic E-state index is 0.0987. The molecule has 0 fully saturated rings. The number of rotatable bonds is 4. The third-order valence-corrected chi connectivity index (χ3v) is 2.89. The first-order chi connectivity index (χ1) is 6.63. The maximum absolute atomic E-state index is 6.05. The second kappa shape index (κ2) is 5.49. The lowest BCUT2D eigenvalue weighted by atomic mass is 9.97. The van der Waals surface area contributed by atoms with Gasteiger partial charge in [0, 0.05) is 10.5 Å². The molecular weight excluding hydrogens is 240 g/mol. The van der Waals surface area contributed by atoms with E-state index in [1.165, 1.54) is 5.56 Å². The van der Waals surface area contributed by atoms with Crippen LogP contribution in [-0.2, 0) is 0 Å². The number of nitrogens with two attached hydrogens (primary N) is 2. The third-order valence-electron chi connectivity index (χ3n) is 2.36. The fourth-order valence-electron chi connectivity index (χ4n) is 1.38. The topological polar surface area (TPSA) is 52.0 Å². The van der Waals surface area contributed by atoms with Crippen molar-refractivity contribution in [1.82, 2.24) is 0 Å². The van der Waals surface area contributed by atoms with E-state index in [0.29, 0.717) is 12.5 Å². The Morgan fingerprint density at radius 3 is 2.36 bits per heavy atom. The molecule has 0 aliphatic rings. The van der Waals surface area contributed by atoms with Gasteiger partial charge in [-0.2, -0.15) is 0 Å². The quantitative estimate of drug-likeness (QED) is 0.870. The summed E-state index contributed by atoms with van der Waals surface area (Å²) < 4.78 is 1.08. The summed E-state index contributed by atoms with van der Waals surface area (Å²) in [4.78, 5) is 0. The monoisotopic (exact) mass is 256 g/mol. The van der Waals surface area contributed by atoms with Gasteiger partial charge in [0.25, 0.3) is 0 Å². The Bertz CT molecular complexity index is 271. The highest BCUT2D eigenvalue weighted by Gasteiger charge is 2.09. The molecule has 0 bridgehead atoms. The molecule has 0 radical (unpaired) electrons. The number of benzene rings is 1. The Morgan fingerprint density at radius 2 is 1.86 bits per heavy atom. The molecule has 0 saturated heterocycles. The van der Waals surface area contributed by atoms with Crippen molar-refractivity contribution in [3.05, 3.63) is 34.3 Å². The molecule has 2 unspecified atom stereocenters. The summed E-state index contributed by atoms with van der Waals surface area (Å²) in [6.45, 7) is 2.82. The smallest absolute Gasteiger partial charge is 0.0297 e. The van der Waals surface area contributed by atoms with Crippen LogP contribution in [0.25, 0.3) is 0 Å². The lowest BCUT2D eigenvalue weighted by molar-refractivity contribution is 0.482. The van der Waals surface area contributed by atoms with Gasteiger partial charge < -0.3 is 11.5 Å². The highest BCUT2D eigenvalue weighted by atomic mass is 79.9. The van der Waals surface area contributed by atoms with Gasteiger partial charge in [0.1, 0.15) is 0 Å². The largest absolute Gasteiger partial charge is 0.330 e. The van der Waals surface area contributed by atoms with Crippen molar-refractivity contribution in [2.45, 2.75) is 19.4 Å². The molecule has 0 amide bonds. The van der Waals surface area contributed by atoms with Crippen molar-refractivity contribution in [1.29, 1.82) is 0 Å². The average Bonchev–Trinajstić information content (AvgIpc) is 2.18. The van der Waals surface area contributed by atoms with Crippen LogP contribution in [0.15, 0.2) is 28.7 Å². The van der Waals surface area contributed by atoms with Crippen LogP contribution in [0.4, 0.5) is 0 Å². The molecule has 1 aromatic carbocycles. The van der Waals surface area contributed by atoms with Crippen molar-refractivity contribution in [2.75, 3.05) is 6.54 Å². The molecule has 0 aromatic heterocycles. The van der Waals surface area contributed by atoms with Crippen LogP contribution < -0.4 is 11.5 Å². The SMILES string of the molecule is CC(CN)CC(N)c1ccc(Br)cc1. The second-order valence-corrected chi connectivity index (χ2v) is 4.65. The Labute approximate surface area is 93.8 Å². The van der Waals surface area contributed by atoms with Crippen LogP contribution in [0.3, 0.4) is 0 Å². The Kier molecular flexibility index (Phi) is 4.58. The summed E-state index contributed by atoms with van der Waals surface area (Å²) in [6, 6.07) is 8.24. The molecule has 2 nitrogen and oxygen atoms in total. The van der Waals surface area contributed by atoms with E-state index in [9.17, 15) is 0 Å². The predicted molar refractivity (Wildman–Crippen MR) is 63.9 cm³/mol. The van der Waals surface area contributed by atoms with Gasteiger partial charge in [0.2, 0.25) is 0 Å². The van der Waals surface area contributed by atoms with Gasteiger partial charge in [-0.3, -0.25) is 0 Å². The lowest BCUT2D eigenvalue weighted by Gasteiger charge is -2.16. The summed E-state index contributed by atoms with van der Waals surface area (Å²) in [5.41, 5.74) is 12.8. The summed E-state index contributed by atoms with van der Waals surface area (Å²) in [7, 11) is 0. The number of hydrogen-bond acceptors (Lipinski definition) is 2. The van der Waals surface area contributed by atoms with E-state index in [1.54, 1.807) is 0 Å². The molecule has 0 aliphatic carbocycles. The summed E-state index contributed by atoms with van der Waals surface area (Å²) in [5, 5.41) is 0. The molecule has 0 aliphatic heterocycles. The van der Waals surface area contributed by atoms with Gasteiger partial charge in [-0.25, -0.2) is 0 Å². The first kappa shape index (κ1) is 11.7. The van der Waals surface area contributed by atoms with Gasteiger partial charge in [-0.1, -0.05) is 35.0 Å². The van der Waals surface area contributed by atoms with E-state index in [2.05, 4.69) is 35.0 Å². The van der Waals surface area contributed by atoms with Crippen LogP contribution in [0.5, 0.6) is 0 Å². The fraction of sp³-hybridized carbons (Fsp3) is 0.455. The molecule has 1 aromatic rings. The van der Waals surface area contributed by atoms with Crippen molar-refractivity contribution < 1.29 is 0 Å². The van der Waals surface area contributed by atoms with Crippen molar-refractivity contribution in [3.8, 4) is 0 Å². The normalized spacial score (nSPS) is 15.1. The number of halogens is 1. The molecule has 1 rings (SSSR count). The van der Waals surface area contributed by atoms with Gasteiger partial charge in [0.15, 0.2) is 0 Å². The predicted octanol–water partition coefficient (Wildman–Crippen LogP) is 2.43. The zero-order valence-corrected chi connectivity index (χ0v) is 10.00. The standard InChI is InChI=1S/C11H17BrN2/c1-8(7-13)6-11(14)9-2-4-10(12)5-3-9/h2-5,8,11H,6-7,13-14H2,1H3. The first-order valence-electron chi connectivity index (χ1n) is 4.84. The molecule has 78 valence electrons. The minimum Gasteiger partial charge on any atom is -0.330 e. The van der Waals surface area contributed by atoms with E-state index in [4.69, 9.17) is 11.5 Å². The second-order valence-electron chi connectivity index (χ2n) is 3.73. The maximum Gasteiger partial charge on any atom is 0.0297 e. The summed E-state index contributed by atoms with van der Waals surface area (Å²) in [5.74, 6) is 0.480. The molecule has 2 atom stereocenters. The molecule has 4 N–H and O–H groups in total. The molecular formula is C11H17BrN2. The van der Waals surface area contributed by atoms with Crippen LogP contribution in [0.1, 0.15) is 24.9 Å². The van der Waals surface area contributed by atoms with Crippen LogP contribution in [0, 0.1) is 5.92 Å². The zero-order chi connectivity index (χ0) is 10.6. The maximum atomic E-state index is 6.05. The third kappa shape index (κ3) is 3.40. The highest BCUT2D eigenvalue weighted by Crippen LogP contribution is 2.20. The van der Waals surface area contributed by atoms with E-state index in [0.717, 1.165) is 10.9 Å². The highest BCUT2D eigenvalue weighted by molar-refractivity contribution is 9.10. The minimum atomic E-state index is 0.0987. The number of hydrogen-bond donors (Lipinski definition) is 2. The Hall–Kier alpha value is -0.380. The van der Waals surface area contributed by atoms with Crippen LogP contribution in [-0.4, -0.2) is 6.54 Å². The first-order valence-corrected chi connectivity index (χ1v) is 5.64. The Morgan fingerprint density at radius 1 is 1.29 bits per heavy atom. The summed E-state index contributed by atoms with van der Waals surface area (Å²) >= 11 is 3.40. The fourth-order valence-corrected chi connectivity index (χ4v) is 1.64. The van der Waals surface area contributed by atoms with E-state index in [-0.39, 0.29) is 6.04 Å². The van der Waals surface area contributed by atoms with Crippen molar-refractivity contribution in [2.24, 2.45) is 17.4 Å². The Balaban J connectivity index is 2.60. The van der Waals surface area contributed by atoms with Crippen molar-refractivity contribution >= 4 is 15.9 Å². The van der Waals surface area contributed by atoms with Gasteiger partial charge in [-0.05, 0) is 36.6 Å². The molecule has 0 saturated carbocycles. The van der Waals surface area contributed by atoms with E-state index < -0.39 is 0 Å². The van der Waals surface area contributed by atoms with Crippen LogP contribution >= 0.6 is 15.9 Å². The van der Waals surface area contributed by atoms with E-state index >= 15 is 0 Å². The lowest BCUT2D eigenvalue weighted by Crippen LogP contribution is -2.19. The zero-order valence-electron chi connectivity index (χ0n) is 8.41. The summed E-state index contributed by atoms with van der Waals surface area (Å²) in [6.07, 6.45) is 0.943. The molecule has 3 heteroatoms. The van der Waals surface area contributed by atoms with Crippen molar-refractivity contribution in [3.63, 3.8) is 0 Å². The van der Waals surface area contributed by atoms with E-state index in [1.807, 2.05) is 12.1 Å².